The molecule has 6 aromatic rings. The molecule has 4 heterocycles. The predicted molar refractivity (Wildman–Crippen MR) is 160 cm³/mol. The fourth-order valence-electron chi connectivity index (χ4n) is 4.48. The van der Waals surface area contributed by atoms with Crippen molar-refractivity contribution in [3.8, 4) is 17.2 Å². The quantitative estimate of drug-likeness (QED) is 0.176. The topological polar surface area (TPSA) is 79.8 Å². The Kier molecular flexibility index (Phi) is 8.90. The third-order valence-electron chi connectivity index (χ3n) is 6.59. The smallest absolute Gasteiger partial charge is 0.493 e. The van der Waals surface area contributed by atoms with Gasteiger partial charge >= 0.3 is 6.29 Å². The highest BCUT2D eigenvalue weighted by molar-refractivity contribution is 5.73. The van der Waals surface area contributed by atoms with Crippen LogP contribution in [0.15, 0.2) is 94.4 Å². The summed E-state index contributed by atoms with van der Waals surface area (Å²) in [5, 5.41) is 0. The summed E-state index contributed by atoms with van der Waals surface area (Å²) in [6.07, 6.45) is 1.76. The lowest BCUT2D eigenvalue weighted by Crippen LogP contribution is -2.25. The summed E-state index contributed by atoms with van der Waals surface area (Å²) >= 11 is 0. The number of hydrogen-bond acceptors (Lipinski definition) is 7. The average Bonchev–Trinajstić information content (AvgIpc) is 3.71. The summed E-state index contributed by atoms with van der Waals surface area (Å²) in [5.41, 5.74) is 9.53. The molecule has 0 fully saturated rings. The van der Waals surface area contributed by atoms with Crippen molar-refractivity contribution in [3.63, 3.8) is 0 Å². The number of rotatable bonds is 0. The summed E-state index contributed by atoms with van der Waals surface area (Å²) in [4.78, 5) is 8.01. The lowest BCUT2D eigenvalue weighted by Gasteiger charge is -2.16. The molecule has 2 aliphatic rings. The van der Waals surface area contributed by atoms with E-state index in [9.17, 15) is 8.78 Å². The number of nitrogens with zero attached hydrogens (tertiary/aromatic N) is 2. The molecule has 0 N–H and O–H groups in total. The first-order chi connectivity index (χ1) is 20.6. The standard InChI is InChI=1S/C10H12O.C8H6F2O2.2C8H7NO/c1-8-4-5-10-9(7-8)3-2-6-11-10;1-5-2-3-6-7(4-5)12-8(9,10)11-6;1-6-2-3-8-7(4-6)9-5-10-8;1-6-2-3-7-8(4-6)10-5-9-7/h4-5,7H,2-3,6H2,1H3;2-4H,1H3;2*2-5H,1H3. The zero-order valence-corrected chi connectivity index (χ0v) is 24.4. The molecule has 0 radical (unpaired) electrons. The van der Waals surface area contributed by atoms with Crippen LogP contribution in [0.1, 0.15) is 34.2 Å². The fourth-order valence-corrected chi connectivity index (χ4v) is 4.48. The number of fused-ring (bicyclic) bond motifs is 4. The Bertz CT molecular complexity index is 1760. The van der Waals surface area contributed by atoms with Gasteiger partial charge in [-0.25, -0.2) is 9.97 Å². The second-order valence-electron chi connectivity index (χ2n) is 10.3. The zero-order chi connectivity index (χ0) is 30.4. The highest BCUT2D eigenvalue weighted by Crippen LogP contribution is 2.41. The maximum absolute atomic E-state index is 12.4. The van der Waals surface area contributed by atoms with Gasteiger partial charge in [0.2, 0.25) is 0 Å². The van der Waals surface area contributed by atoms with Crippen LogP contribution in [0.3, 0.4) is 0 Å². The van der Waals surface area contributed by atoms with Crippen molar-refractivity contribution in [1.29, 1.82) is 0 Å². The van der Waals surface area contributed by atoms with Crippen LogP contribution in [0.2, 0.25) is 0 Å². The number of halogens is 2. The van der Waals surface area contributed by atoms with E-state index in [0.717, 1.165) is 46.5 Å². The molecule has 2 aromatic heterocycles. The second kappa shape index (κ2) is 12.9. The van der Waals surface area contributed by atoms with Gasteiger partial charge in [0.05, 0.1) is 6.61 Å². The van der Waals surface area contributed by atoms with Crippen LogP contribution in [0.25, 0.3) is 22.2 Å². The molecule has 0 saturated carbocycles. The molecule has 2 aliphatic heterocycles. The van der Waals surface area contributed by atoms with Crippen LogP contribution in [0.4, 0.5) is 8.78 Å². The maximum Gasteiger partial charge on any atom is 0.586 e. The monoisotopic (exact) mass is 586 g/mol. The van der Waals surface area contributed by atoms with Gasteiger partial charge in [-0.3, -0.25) is 0 Å². The van der Waals surface area contributed by atoms with Crippen molar-refractivity contribution in [2.45, 2.75) is 46.8 Å². The first kappa shape index (κ1) is 29.6. The Hall–Kier alpha value is -4.92. The molecule has 0 unspecified atom stereocenters. The van der Waals surface area contributed by atoms with Crippen LogP contribution < -0.4 is 14.2 Å². The molecule has 0 amide bonds. The summed E-state index contributed by atoms with van der Waals surface area (Å²) in [6, 6.07) is 22.9. The molecule has 0 atom stereocenters. The van der Waals surface area contributed by atoms with E-state index in [1.54, 1.807) is 13.0 Å². The van der Waals surface area contributed by atoms with Crippen molar-refractivity contribution in [2.24, 2.45) is 0 Å². The number of benzene rings is 4. The van der Waals surface area contributed by atoms with Crippen LogP contribution in [0, 0.1) is 27.7 Å². The molecule has 222 valence electrons. The molecular weight excluding hydrogens is 554 g/mol. The van der Waals surface area contributed by atoms with Gasteiger partial charge in [0.1, 0.15) is 16.8 Å². The summed E-state index contributed by atoms with van der Waals surface area (Å²) in [7, 11) is 0. The lowest BCUT2D eigenvalue weighted by atomic mass is 10.0. The first-order valence-corrected chi connectivity index (χ1v) is 13.8. The average molecular weight is 587 g/mol. The number of ether oxygens (including phenoxy) is 3. The third kappa shape index (κ3) is 7.88. The molecule has 8 rings (SSSR count). The minimum atomic E-state index is -3.50. The van der Waals surface area contributed by atoms with Crippen LogP contribution >= 0.6 is 0 Å². The molecule has 4 aromatic carbocycles. The Morgan fingerprint density at radius 2 is 1.21 bits per heavy atom. The highest BCUT2D eigenvalue weighted by atomic mass is 19.3. The molecule has 7 nitrogen and oxygen atoms in total. The zero-order valence-electron chi connectivity index (χ0n) is 24.4. The van der Waals surface area contributed by atoms with Crippen LogP contribution in [-0.4, -0.2) is 22.9 Å². The minimum Gasteiger partial charge on any atom is -0.493 e. The molecular formula is C34H32F2N2O5. The predicted octanol–water partition coefficient (Wildman–Crippen LogP) is 8.91. The highest BCUT2D eigenvalue weighted by Gasteiger charge is 2.43. The van der Waals surface area contributed by atoms with Crippen molar-refractivity contribution >= 4 is 22.2 Å². The summed E-state index contributed by atoms with van der Waals surface area (Å²) in [6.45, 7) is 8.86. The minimum absolute atomic E-state index is 0.0885. The van der Waals surface area contributed by atoms with Crippen molar-refractivity contribution in [1.82, 2.24) is 9.97 Å². The van der Waals surface area contributed by atoms with E-state index >= 15 is 0 Å². The Morgan fingerprint density at radius 3 is 2.02 bits per heavy atom. The molecule has 43 heavy (non-hydrogen) atoms. The fraction of sp³-hybridized carbons (Fsp3) is 0.235. The van der Waals surface area contributed by atoms with Gasteiger partial charge in [0.25, 0.3) is 0 Å². The summed E-state index contributed by atoms with van der Waals surface area (Å²) in [5.74, 6) is 1.27. The number of oxazole rings is 2. The Morgan fingerprint density at radius 1 is 0.605 bits per heavy atom. The SMILES string of the molecule is Cc1ccc2c(c1)CCCO2.Cc1ccc2c(c1)OC(F)(F)O2.Cc1ccc2ncoc2c1.Cc1ccc2ocnc2c1. The van der Waals surface area contributed by atoms with E-state index in [-0.39, 0.29) is 11.5 Å². The maximum atomic E-state index is 12.4. The van der Waals surface area contributed by atoms with E-state index < -0.39 is 6.29 Å². The number of hydrogen-bond donors (Lipinski definition) is 0. The van der Waals surface area contributed by atoms with Gasteiger partial charge in [0, 0.05) is 0 Å². The summed E-state index contributed by atoms with van der Waals surface area (Å²) < 4.78 is 48.9. The second-order valence-corrected chi connectivity index (χ2v) is 10.3. The lowest BCUT2D eigenvalue weighted by molar-refractivity contribution is -0.286. The Labute approximate surface area is 248 Å². The molecule has 9 heteroatoms. The van der Waals surface area contributed by atoms with Crippen molar-refractivity contribution in [2.75, 3.05) is 6.61 Å². The van der Waals surface area contributed by atoms with E-state index in [1.165, 1.54) is 53.6 Å². The molecule has 0 aliphatic carbocycles. The largest absolute Gasteiger partial charge is 0.586 e. The number of aryl methyl sites for hydroxylation is 5. The third-order valence-corrected chi connectivity index (χ3v) is 6.59. The molecule has 0 bridgehead atoms. The number of aromatic nitrogens is 2. The first-order valence-electron chi connectivity index (χ1n) is 13.8. The van der Waals surface area contributed by atoms with Gasteiger partial charge in [-0.05, 0) is 105 Å². The van der Waals surface area contributed by atoms with Gasteiger partial charge in [-0.15, -0.1) is 8.78 Å². The van der Waals surface area contributed by atoms with E-state index in [4.69, 9.17) is 13.6 Å². The molecule has 0 saturated heterocycles. The van der Waals surface area contributed by atoms with Crippen molar-refractivity contribution < 1.29 is 31.8 Å². The van der Waals surface area contributed by atoms with E-state index in [0.29, 0.717) is 0 Å². The van der Waals surface area contributed by atoms with Crippen molar-refractivity contribution in [3.05, 3.63) is 113 Å². The van der Waals surface area contributed by atoms with Gasteiger partial charge in [-0.2, -0.15) is 0 Å². The Balaban J connectivity index is 0.000000114. The van der Waals surface area contributed by atoms with Crippen LogP contribution in [-0.2, 0) is 6.42 Å². The number of alkyl halides is 2. The van der Waals surface area contributed by atoms with E-state index in [1.807, 2.05) is 50.2 Å². The van der Waals surface area contributed by atoms with E-state index in [2.05, 4.69) is 44.6 Å². The molecule has 0 spiro atoms. The van der Waals surface area contributed by atoms with Gasteiger partial charge in [0.15, 0.2) is 35.5 Å². The van der Waals surface area contributed by atoms with Gasteiger partial charge in [-0.1, -0.05) is 35.9 Å². The van der Waals surface area contributed by atoms with Gasteiger partial charge < -0.3 is 23.0 Å². The van der Waals surface area contributed by atoms with Crippen LogP contribution in [0.5, 0.6) is 17.2 Å². The normalized spacial score (nSPS) is 13.8.